The van der Waals surface area contributed by atoms with Crippen molar-refractivity contribution in [1.29, 1.82) is 0 Å². The molecule has 0 aliphatic carbocycles. The van der Waals surface area contributed by atoms with E-state index in [9.17, 15) is 5.11 Å². The second-order valence-electron chi connectivity index (χ2n) is 4.44. The molecule has 1 aliphatic heterocycles. The van der Waals surface area contributed by atoms with Crippen molar-refractivity contribution in [2.75, 3.05) is 6.61 Å². The maximum absolute atomic E-state index is 9.54. The zero-order valence-corrected chi connectivity index (χ0v) is 11.4. The van der Waals surface area contributed by atoms with E-state index in [1.807, 2.05) is 24.3 Å². The third-order valence-electron chi connectivity index (χ3n) is 3.22. The van der Waals surface area contributed by atoms with Gasteiger partial charge >= 0.3 is 0 Å². The molecule has 0 aromatic heterocycles. The van der Waals surface area contributed by atoms with E-state index >= 15 is 0 Å². The van der Waals surface area contributed by atoms with Gasteiger partial charge in [-0.05, 0) is 47.4 Å². The molecule has 1 atom stereocenters. The molecule has 0 bridgehead atoms. The first-order chi connectivity index (χ1) is 8.74. The minimum absolute atomic E-state index is 0.0353. The van der Waals surface area contributed by atoms with Crippen LogP contribution in [0.1, 0.15) is 22.8 Å². The molecule has 0 saturated heterocycles. The molecule has 1 N–H and O–H groups in total. The van der Waals surface area contributed by atoms with Gasteiger partial charge in [-0.25, -0.2) is 0 Å². The molecule has 18 heavy (non-hydrogen) atoms. The summed E-state index contributed by atoms with van der Waals surface area (Å²) in [6, 6.07) is 13.7. The standard InChI is InChI=1S/C15H13BrO2/c16-12-3-1-2-11(8-12)15-14-5-4-13(17)9-10(14)6-7-18-15/h1-5,8-9,15,17H,6-7H2. The van der Waals surface area contributed by atoms with Gasteiger partial charge in [-0.15, -0.1) is 0 Å². The molecule has 0 saturated carbocycles. The van der Waals surface area contributed by atoms with Gasteiger partial charge in [0.1, 0.15) is 11.9 Å². The van der Waals surface area contributed by atoms with Gasteiger partial charge < -0.3 is 9.84 Å². The Morgan fingerprint density at radius 2 is 2.06 bits per heavy atom. The van der Waals surface area contributed by atoms with Crippen LogP contribution in [0, 0.1) is 0 Å². The number of phenolic OH excluding ortho intramolecular Hbond substituents is 1. The van der Waals surface area contributed by atoms with Crippen molar-refractivity contribution >= 4 is 15.9 Å². The van der Waals surface area contributed by atoms with Crippen LogP contribution in [0.25, 0.3) is 0 Å². The monoisotopic (exact) mass is 304 g/mol. The van der Waals surface area contributed by atoms with Crippen molar-refractivity contribution in [3.05, 3.63) is 63.6 Å². The highest BCUT2D eigenvalue weighted by Gasteiger charge is 2.22. The predicted molar refractivity (Wildman–Crippen MR) is 73.7 cm³/mol. The molecular formula is C15H13BrO2. The van der Waals surface area contributed by atoms with E-state index in [0.29, 0.717) is 12.4 Å². The Bertz CT molecular complexity index is 580. The van der Waals surface area contributed by atoms with E-state index < -0.39 is 0 Å². The van der Waals surface area contributed by atoms with Crippen molar-refractivity contribution in [3.63, 3.8) is 0 Å². The Hall–Kier alpha value is -1.32. The number of hydrogen-bond acceptors (Lipinski definition) is 2. The number of hydrogen-bond donors (Lipinski definition) is 1. The number of rotatable bonds is 1. The summed E-state index contributed by atoms with van der Waals surface area (Å²) in [6.45, 7) is 0.688. The summed E-state index contributed by atoms with van der Waals surface area (Å²) in [5.41, 5.74) is 3.46. The number of phenols is 1. The molecule has 3 heteroatoms. The Labute approximate surface area is 114 Å². The lowest BCUT2D eigenvalue weighted by Crippen LogP contribution is -2.17. The molecule has 1 unspecified atom stereocenters. The fourth-order valence-corrected chi connectivity index (χ4v) is 2.80. The van der Waals surface area contributed by atoms with Crippen LogP contribution in [0.3, 0.4) is 0 Å². The molecule has 0 fully saturated rings. The zero-order chi connectivity index (χ0) is 12.5. The summed E-state index contributed by atoms with van der Waals surface area (Å²) >= 11 is 3.48. The largest absolute Gasteiger partial charge is 0.508 e. The number of aromatic hydroxyl groups is 1. The molecule has 3 rings (SSSR count). The van der Waals surface area contributed by atoms with Gasteiger partial charge in [0, 0.05) is 4.47 Å². The smallest absolute Gasteiger partial charge is 0.115 e. The average molecular weight is 305 g/mol. The first kappa shape index (κ1) is 11.8. The SMILES string of the molecule is Oc1ccc2c(c1)CCOC2c1cccc(Br)c1. The molecule has 1 aliphatic rings. The van der Waals surface area contributed by atoms with Crippen LogP contribution in [0.2, 0.25) is 0 Å². The van der Waals surface area contributed by atoms with Crippen molar-refractivity contribution < 1.29 is 9.84 Å². The Morgan fingerprint density at radius 3 is 2.89 bits per heavy atom. The van der Waals surface area contributed by atoms with Crippen LogP contribution in [-0.2, 0) is 11.2 Å². The minimum Gasteiger partial charge on any atom is -0.508 e. The lowest BCUT2D eigenvalue weighted by Gasteiger charge is -2.26. The summed E-state index contributed by atoms with van der Waals surface area (Å²) in [5, 5.41) is 9.54. The Balaban J connectivity index is 2.06. The molecule has 0 radical (unpaired) electrons. The van der Waals surface area contributed by atoms with Gasteiger partial charge in [0.25, 0.3) is 0 Å². The number of benzene rings is 2. The highest BCUT2D eigenvalue weighted by Crippen LogP contribution is 2.35. The van der Waals surface area contributed by atoms with Gasteiger partial charge in [-0.1, -0.05) is 34.1 Å². The lowest BCUT2D eigenvalue weighted by atomic mass is 9.93. The fourth-order valence-electron chi connectivity index (χ4n) is 2.39. The van der Waals surface area contributed by atoms with Gasteiger partial charge in [-0.3, -0.25) is 0 Å². The minimum atomic E-state index is -0.0353. The quantitative estimate of drug-likeness (QED) is 0.868. The number of halogens is 1. The number of fused-ring (bicyclic) bond motifs is 1. The summed E-state index contributed by atoms with van der Waals surface area (Å²) in [5.74, 6) is 0.323. The van der Waals surface area contributed by atoms with E-state index in [-0.39, 0.29) is 6.10 Å². The maximum Gasteiger partial charge on any atom is 0.115 e. The average Bonchev–Trinajstić information content (AvgIpc) is 2.37. The molecule has 92 valence electrons. The van der Waals surface area contributed by atoms with Crippen LogP contribution >= 0.6 is 15.9 Å². The van der Waals surface area contributed by atoms with E-state index in [1.165, 1.54) is 5.56 Å². The Kier molecular flexibility index (Phi) is 3.10. The Morgan fingerprint density at radius 1 is 1.17 bits per heavy atom. The van der Waals surface area contributed by atoms with E-state index in [4.69, 9.17) is 4.74 Å². The predicted octanol–water partition coefficient (Wildman–Crippen LogP) is 3.82. The van der Waals surface area contributed by atoms with Gasteiger partial charge in [0.15, 0.2) is 0 Å². The summed E-state index contributed by atoms with van der Waals surface area (Å²) in [4.78, 5) is 0. The lowest BCUT2D eigenvalue weighted by molar-refractivity contribution is 0.0697. The topological polar surface area (TPSA) is 29.5 Å². The van der Waals surface area contributed by atoms with E-state index in [0.717, 1.165) is 22.0 Å². The number of ether oxygens (including phenoxy) is 1. The van der Waals surface area contributed by atoms with Crippen LogP contribution in [-0.4, -0.2) is 11.7 Å². The van der Waals surface area contributed by atoms with Crippen LogP contribution < -0.4 is 0 Å². The molecule has 2 nitrogen and oxygen atoms in total. The van der Waals surface area contributed by atoms with Crippen LogP contribution in [0.15, 0.2) is 46.9 Å². The fraction of sp³-hybridized carbons (Fsp3) is 0.200. The highest BCUT2D eigenvalue weighted by molar-refractivity contribution is 9.10. The zero-order valence-electron chi connectivity index (χ0n) is 9.77. The summed E-state index contributed by atoms with van der Waals surface area (Å²) < 4.78 is 6.93. The third-order valence-corrected chi connectivity index (χ3v) is 3.71. The molecular weight excluding hydrogens is 292 g/mol. The third kappa shape index (κ3) is 2.16. The second-order valence-corrected chi connectivity index (χ2v) is 5.35. The van der Waals surface area contributed by atoms with Crippen molar-refractivity contribution in [2.24, 2.45) is 0 Å². The first-order valence-electron chi connectivity index (χ1n) is 5.93. The molecule has 1 heterocycles. The molecule has 2 aromatic carbocycles. The van der Waals surface area contributed by atoms with Gasteiger partial charge in [-0.2, -0.15) is 0 Å². The van der Waals surface area contributed by atoms with Crippen molar-refractivity contribution in [2.45, 2.75) is 12.5 Å². The van der Waals surface area contributed by atoms with Gasteiger partial charge in [0.05, 0.1) is 6.61 Å². The van der Waals surface area contributed by atoms with Crippen molar-refractivity contribution in [3.8, 4) is 5.75 Å². The van der Waals surface area contributed by atoms with Crippen LogP contribution in [0.4, 0.5) is 0 Å². The van der Waals surface area contributed by atoms with E-state index in [2.05, 4.69) is 28.1 Å². The van der Waals surface area contributed by atoms with Crippen molar-refractivity contribution in [1.82, 2.24) is 0 Å². The molecule has 2 aromatic rings. The summed E-state index contributed by atoms with van der Waals surface area (Å²) in [7, 11) is 0. The highest BCUT2D eigenvalue weighted by atomic mass is 79.9. The first-order valence-corrected chi connectivity index (χ1v) is 6.72. The molecule has 0 amide bonds. The normalized spacial score (nSPS) is 18.4. The maximum atomic E-state index is 9.54. The van der Waals surface area contributed by atoms with Crippen LogP contribution in [0.5, 0.6) is 5.75 Å². The summed E-state index contributed by atoms with van der Waals surface area (Å²) in [6.07, 6.45) is 0.820. The molecule has 0 spiro atoms. The van der Waals surface area contributed by atoms with Gasteiger partial charge in [0.2, 0.25) is 0 Å². The second kappa shape index (κ2) is 4.75. The van der Waals surface area contributed by atoms with E-state index in [1.54, 1.807) is 6.07 Å².